The number of aromatic nitrogens is 2. The van der Waals surface area contributed by atoms with E-state index in [0.717, 1.165) is 33.7 Å². The Balaban J connectivity index is 1.69. The lowest BCUT2D eigenvalue weighted by Gasteiger charge is -2.13. The molecule has 3 rings (SSSR count). The van der Waals surface area contributed by atoms with Gasteiger partial charge in [-0.2, -0.15) is 0 Å². The molecule has 20 heavy (non-hydrogen) atoms. The van der Waals surface area contributed by atoms with Crippen LogP contribution in [0.5, 0.6) is 0 Å². The van der Waals surface area contributed by atoms with Gasteiger partial charge in [-0.1, -0.05) is 6.92 Å². The summed E-state index contributed by atoms with van der Waals surface area (Å²) >= 11 is 5.10. The van der Waals surface area contributed by atoms with Crippen LogP contribution >= 0.6 is 27.3 Å². The Morgan fingerprint density at radius 2 is 2.35 bits per heavy atom. The van der Waals surface area contributed by atoms with Gasteiger partial charge in [0.05, 0.1) is 28.5 Å². The first kappa shape index (κ1) is 13.7. The predicted molar refractivity (Wildman–Crippen MR) is 81.9 cm³/mol. The molecular weight excluding hydrogens is 338 g/mol. The average molecular weight is 352 g/mol. The lowest BCUT2D eigenvalue weighted by molar-refractivity contribution is 0.0779. The van der Waals surface area contributed by atoms with Crippen molar-refractivity contribution in [2.45, 2.75) is 26.3 Å². The first-order valence-corrected chi connectivity index (χ1v) is 8.22. The van der Waals surface area contributed by atoms with Crippen molar-refractivity contribution in [3.05, 3.63) is 44.1 Å². The zero-order chi connectivity index (χ0) is 14.1. The normalized spacial score (nSPS) is 13.9. The van der Waals surface area contributed by atoms with E-state index in [2.05, 4.69) is 38.2 Å². The molecule has 3 heterocycles. The van der Waals surface area contributed by atoms with Gasteiger partial charge in [0, 0.05) is 29.0 Å². The van der Waals surface area contributed by atoms with Crippen LogP contribution in [0, 0.1) is 0 Å². The molecule has 2 aromatic heterocycles. The molecule has 0 spiro atoms. The van der Waals surface area contributed by atoms with Crippen molar-refractivity contribution in [2.24, 2.45) is 0 Å². The zero-order valence-electron chi connectivity index (χ0n) is 11.1. The van der Waals surface area contributed by atoms with Crippen LogP contribution in [0.2, 0.25) is 0 Å². The number of fused-ring (bicyclic) bond motifs is 1. The molecule has 104 valence electrons. The Labute approximate surface area is 130 Å². The summed E-state index contributed by atoms with van der Waals surface area (Å²) < 4.78 is 0.831. The van der Waals surface area contributed by atoms with Gasteiger partial charge in [-0.05, 0) is 28.4 Å². The SMILES string of the molecule is CCc1csc(CCN2Cc3nccc(Br)c3C2=O)n1. The number of amides is 1. The Kier molecular flexibility index (Phi) is 3.85. The minimum absolute atomic E-state index is 0.0623. The molecule has 6 heteroatoms. The number of pyridine rings is 1. The second-order valence-corrected chi connectivity index (χ2v) is 6.47. The minimum Gasteiger partial charge on any atom is -0.332 e. The molecular formula is C14H14BrN3OS. The van der Waals surface area contributed by atoms with Crippen molar-refractivity contribution in [3.63, 3.8) is 0 Å². The fourth-order valence-corrected chi connectivity index (χ4v) is 3.66. The molecule has 0 aromatic carbocycles. The average Bonchev–Trinajstić information content (AvgIpc) is 3.02. The quantitative estimate of drug-likeness (QED) is 0.850. The number of aryl methyl sites for hydroxylation is 1. The van der Waals surface area contributed by atoms with Gasteiger partial charge in [0.2, 0.25) is 0 Å². The lowest BCUT2D eigenvalue weighted by atomic mass is 10.2. The summed E-state index contributed by atoms with van der Waals surface area (Å²) in [5, 5.41) is 3.19. The third-order valence-corrected chi connectivity index (χ3v) is 5.00. The summed E-state index contributed by atoms with van der Waals surface area (Å²) in [5.74, 6) is 0.0623. The smallest absolute Gasteiger partial charge is 0.257 e. The van der Waals surface area contributed by atoms with Gasteiger partial charge in [0.1, 0.15) is 0 Å². The van der Waals surface area contributed by atoms with Gasteiger partial charge in [0.15, 0.2) is 0 Å². The van der Waals surface area contributed by atoms with Crippen LogP contribution in [0.3, 0.4) is 0 Å². The highest BCUT2D eigenvalue weighted by molar-refractivity contribution is 9.10. The van der Waals surface area contributed by atoms with Crippen LogP contribution in [-0.4, -0.2) is 27.3 Å². The largest absolute Gasteiger partial charge is 0.332 e. The van der Waals surface area contributed by atoms with Crippen LogP contribution in [0.15, 0.2) is 22.1 Å². The maximum absolute atomic E-state index is 12.3. The number of hydrogen-bond donors (Lipinski definition) is 0. The maximum Gasteiger partial charge on any atom is 0.257 e. The summed E-state index contributed by atoms with van der Waals surface area (Å²) in [7, 11) is 0. The summed E-state index contributed by atoms with van der Waals surface area (Å²) in [4.78, 5) is 23.0. The van der Waals surface area contributed by atoms with E-state index in [1.807, 2.05) is 11.0 Å². The molecule has 2 aromatic rings. The van der Waals surface area contributed by atoms with Gasteiger partial charge in [0.25, 0.3) is 5.91 Å². The van der Waals surface area contributed by atoms with Crippen molar-refractivity contribution in [2.75, 3.05) is 6.54 Å². The summed E-state index contributed by atoms with van der Waals surface area (Å²) in [5.41, 5.74) is 2.70. The van der Waals surface area contributed by atoms with Crippen molar-refractivity contribution in [3.8, 4) is 0 Å². The molecule has 1 aliphatic heterocycles. The van der Waals surface area contributed by atoms with E-state index >= 15 is 0 Å². The van der Waals surface area contributed by atoms with E-state index in [-0.39, 0.29) is 5.91 Å². The van der Waals surface area contributed by atoms with Gasteiger partial charge in [-0.15, -0.1) is 11.3 Å². The van der Waals surface area contributed by atoms with E-state index in [4.69, 9.17) is 0 Å². The Hall–Kier alpha value is -1.27. The third-order valence-electron chi connectivity index (χ3n) is 3.38. The molecule has 0 atom stereocenters. The van der Waals surface area contributed by atoms with Crippen molar-refractivity contribution < 1.29 is 4.79 Å². The molecule has 0 saturated heterocycles. The maximum atomic E-state index is 12.3. The number of carbonyl (C=O) groups excluding carboxylic acids is 1. The second kappa shape index (κ2) is 5.61. The van der Waals surface area contributed by atoms with Gasteiger partial charge >= 0.3 is 0 Å². The fourth-order valence-electron chi connectivity index (χ4n) is 2.27. The first-order valence-electron chi connectivity index (χ1n) is 6.55. The van der Waals surface area contributed by atoms with Crippen LogP contribution < -0.4 is 0 Å². The van der Waals surface area contributed by atoms with Gasteiger partial charge in [-0.3, -0.25) is 9.78 Å². The standard InChI is InChI=1S/C14H14BrN3OS/c1-2-9-8-20-12(17-9)4-6-18-7-11-13(14(18)19)10(15)3-5-16-11/h3,5,8H,2,4,6-7H2,1H3. The number of rotatable bonds is 4. The monoisotopic (exact) mass is 351 g/mol. The van der Waals surface area contributed by atoms with Crippen LogP contribution in [-0.2, 0) is 19.4 Å². The Bertz CT molecular complexity index is 656. The van der Waals surface area contributed by atoms with Crippen LogP contribution in [0.25, 0.3) is 0 Å². The van der Waals surface area contributed by atoms with E-state index < -0.39 is 0 Å². The molecule has 0 unspecified atom stereocenters. The number of halogens is 1. The van der Waals surface area contributed by atoms with E-state index in [1.165, 1.54) is 0 Å². The number of carbonyl (C=O) groups is 1. The molecule has 0 radical (unpaired) electrons. The topological polar surface area (TPSA) is 46.1 Å². The minimum atomic E-state index is 0.0623. The zero-order valence-corrected chi connectivity index (χ0v) is 13.5. The third kappa shape index (κ3) is 2.50. The Morgan fingerprint density at radius 1 is 1.50 bits per heavy atom. The molecule has 0 aliphatic carbocycles. The summed E-state index contributed by atoms with van der Waals surface area (Å²) in [6.45, 7) is 3.39. The van der Waals surface area contributed by atoms with Crippen LogP contribution in [0.4, 0.5) is 0 Å². The number of nitrogens with zero attached hydrogens (tertiary/aromatic N) is 3. The Morgan fingerprint density at radius 3 is 3.05 bits per heavy atom. The van der Waals surface area contributed by atoms with E-state index in [0.29, 0.717) is 18.7 Å². The van der Waals surface area contributed by atoms with Crippen LogP contribution in [0.1, 0.15) is 33.7 Å². The molecule has 0 N–H and O–H groups in total. The van der Waals surface area contributed by atoms with Crippen molar-refractivity contribution >= 4 is 33.2 Å². The predicted octanol–water partition coefficient (Wildman–Crippen LogP) is 3.06. The highest BCUT2D eigenvalue weighted by Gasteiger charge is 2.30. The van der Waals surface area contributed by atoms with E-state index in [9.17, 15) is 4.79 Å². The van der Waals surface area contributed by atoms with E-state index in [1.54, 1.807) is 17.5 Å². The van der Waals surface area contributed by atoms with Gasteiger partial charge < -0.3 is 4.90 Å². The highest BCUT2D eigenvalue weighted by atomic mass is 79.9. The fraction of sp³-hybridized carbons (Fsp3) is 0.357. The van der Waals surface area contributed by atoms with Crippen molar-refractivity contribution in [1.82, 2.24) is 14.9 Å². The first-order chi connectivity index (χ1) is 9.69. The molecule has 0 saturated carbocycles. The van der Waals surface area contributed by atoms with Gasteiger partial charge in [-0.25, -0.2) is 4.98 Å². The molecule has 1 amide bonds. The lowest BCUT2D eigenvalue weighted by Crippen LogP contribution is -2.26. The van der Waals surface area contributed by atoms with Crippen molar-refractivity contribution in [1.29, 1.82) is 0 Å². The molecule has 0 fully saturated rings. The second-order valence-electron chi connectivity index (χ2n) is 4.68. The highest BCUT2D eigenvalue weighted by Crippen LogP contribution is 2.27. The molecule has 1 aliphatic rings. The number of thiazole rings is 1. The number of hydrogen-bond acceptors (Lipinski definition) is 4. The summed E-state index contributed by atoms with van der Waals surface area (Å²) in [6.07, 6.45) is 3.50. The molecule has 0 bridgehead atoms. The summed E-state index contributed by atoms with van der Waals surface area (Å²) in [6, 6.07) is 1.81. The molecule has 4 nitrogen and oxygen atoms in total.